The maximum Gasteiger partial charge on any atom is 0.490 e. The molecule has 1 aliphatic heterocycles. The van der Waals surface area contributed by atoms with Gasteiger partial charge in [0.1, 0.15) is 0 Å². The van der Waals surface area contributed by atoms with E-state index in [2.05, 4.69) is 5.32 Å². The predicted molar refractivity (Wildman–Crippen MR) is 47.8 cm³/mol. The van der Waals surface area contributed by atoms with Crippen molar-refractivity contribution in [2.24, 2.45) is 0 Å². The van der Waals surface area contributed by atoms with Crippen molar-refractivity contribution >= 4 is 5.97 Å². The minimum atomic E-state index is -5.08. The van der Waals surface area contributed by atoms with E-state index in [0.29, 0.717) is 12.8 Å². The minimum absolute atomic E-state index is 0.103. The van der Waals surface area contributed by atoms with E-state index in [4.69, 9.17) is 15.0 Å². The topological polar surface area (TPSA) is 89.8 Å². The summed E-state index contributed by atoms with van der Waals surface area (Å²) < 4.78 is 31.7. The highest BCUT2D eigenvalue weighted by atomic mass is 19.4. The van der Waals surface area contributed by atoms with Gasteiger partial charge >= 0.3 is 12.1 Å². The normalized spacial score (nSPS) is 19.6. The zero-order chi connectivity index (χ0) is 12.8. The molecule has 5 nitrogen and oxygen atoms in total. The molecular formula is C8H14F3NO4. The lowest BCUT2D eigenvalue weighted by molar-refractivity contribution is -0.192. The summed E-state index contributed by atoms with van der Waals surface area (Å²) in [5.74, 6) is -2.76. The van der Waals surface area contributed by atoms with Crippen molar-refractivity contribution in [1.82, 2.24) is 5.32 Å². The molecule has 0 amide bonds. The molecule has 4 N–H and O–H groups in total. The fraction of sp³-hybridized carbons (Fsp3) is 0.875. The van der Waals surface area contributed by atoms with Gasteiger partial charge < -0.3 is 20.6 Å². The third kappa shape index (κ3) is 5.89. The van der Waals surface area contributed by atoms with Crippen molar-refractivity contribution in [3.63, 3.8) is 0 Å². The summed E-state index contributed by atoms with van der Waals surface area (Å²) in [6.07, 6.45) is -3.74. The number of aliphatic carboxylic acids is 1. The average molecular weight is 245 g/mol. The first kappa shape index (κ1) is 15.1. The molecule has 1 rings (SSSR count). The molecular weight excluding hydrogens is 231 g/mol. The molecule has 0 atom stereocenters. The Kier molecular flexibility index (Phi) is 5.70. The monoisotopic (exact) mass is 245 g/mol. The van der Waals surface area contributed by atoms with Gasteiger partial charge in [0.05, 0.1) is 12.2 Å². The summed E-state index contributed by atoms with van der Waals surface area (Å²) in [5, 5.41) is 28.3. The molecule has 0 aromatic carbocycles. The highest BCUT2D eigenvalue weighted by Crippen LogP contribution is 2.15. The number of hydrogen-bond donors (Lipinski definition) is 4. The maximum atomic E-state index is 10.6. The molecule has 1 aliphatic rings. The summed E-state index contributed by atoms with van der Waals surface area (Å²) >= 11 is 0. The number of aliphatic hydroxyl groups excluding tert-OH is 1. The first-order valence-corrected chi connectivity index (χ1v) is 4.55. The molecule has 1 fully saturated rings. The van der Waals surface area contributed by atoms with E-state index in [-0.39, 0.29) is 6.61 Å². The number of halogens is 3. The van der Waals surface area contributed by atoms with Crippen LogP contribution in [0.5, 0.6) is 0 Å². The van der Waals surface area contributed by atoms with Crippen LogP contribution in [0.4, 0.5) is 13.2 Å². The molecule has 0 radical (unpaired) electrons. The summed E-state index contributed by atoms with van der Waals surface area (Å²) in [7, 11) is 0. The van der Waals surface area contributed by atoms with E-state index in [0.717, 1.165) is 13.1 Å². The van der Waals surface area contributed by atoms with Crippen LogP contribution in [0.3, 0.4) is 0 Å². The maximum absolute atomic E-state index is 10.6. The SMILES string of the molecule is O=C(O)C(F)(F)F.OCC1(O)CCNCC1. The molecule has 0 aromatic heterocycles. The van der Waals surface area contributed by atoms with Crippen molar-refractivity contribution in [3.8, 4) is 0 Å². The zero-order valence-corrected chi connectivity index (χ0v) is 8.42. The van der Waals surface area contributed by atoms with Crippen LogP contribution in [0.2, 0.25) is 0 Å². The van der Waals surface area contributed by atoms with Crippen molar-refractivity contribution in [2.45, 2.75) is 24.6 Å². The number of carboxylic acids is 1. The number of alkyl halides is 3. The molecule has 1 saturated heterocycles. The van der Waals surface area contributed by atoms with Gasteiger partial charge in [-0.05, 0) is 25.9 Å². The van der Waals surface area contributed by atoms with Crippen LogP contribution in [0.1, 0.15) is 12.8 Å². The number of aliphatic hydroxyl groups is 2. The zero-order valence-electron chi connectivity index (χ0n) is 8.42. The van der Waals surface area contributed by atoms with Crippen molar-refractivity contribution in [1.29, 1.82) is 0 Å². The summed E-state index contributed by atoms with van der Waals surface area (Å²) in [6.45, 7) is 1.53. The third-order valence-electron chi connectivity index (χ3n) is 2.07. The second-order valence-electron chi connectivity index (χ2n) is 3.44. The van der Waals surface area contributed by atoms with Gasteiger partial charge in [-0.15, -0.1) is 0 Å². The number of piperidine rings is 1. The van der Waals surface area contributed by atoms with Crippen LogP contribution in [0.15, 0.2) is 0 Å². The molecule has 0 aliphatic carbocycles. The second kappa shape index (κ2) is 6.02. The van der Waals surface area contributed by atoms with Crippen LogP contribution < -0.4 is 5.32 Å². The van der Waals surface area contributed by atoms with Crippen molar-refractivity contribution < 1.29 is 33.3 Å². The standard InChI is InChI=1S/C6H13NO2.C2HF3O2/c8-5-6(9)1-3-7-4-2-6;3-2(4,5)1(6)7/h7-9H,1-5H2;(H,6,7). The van der Waals surface area contributed by atoms with E-state index < -0.39 is 17.7 Å². The first-order valence-electron chi connectivity index (χ1n) is 4.55. The average Bonchev–Trinajstić information content (AvgIpc) is 2.18. The van der Waals surface area contributed by atoms with Gasteiger partial charge in [-0.3, -0.25) is 0 Å². The lowest BCUT2D eigenvalue weighted by Crippen LogP contribution is -2.44. The Balaban J connectivity index is 0.000000293. The number of carboxylic acid groups (broad SMARTS) is 1. The van der Waals surface area contributed by atoms with Crippen LogP contribution in [0.25, 0.3) is 0 Å². The second-order valence-corrected chi connectivity index (χ2v) is 3.44. The molecule has 8 heteroatoms. The van der Waals surface area contributed by atoms with Gasteiger partial charge in [0, 0.05) is 0 Å². The van der Waals surface area contributed by atoms with E-state index in [1.54, 1.807) is 0 Å². The Morgan fingerprint density at radius 1 is 1.31 bits per heavy atom. The summed E-state index contributed by atoms with van der Waals surface area (Å²) in [5.41, 5.74) is -0.786. The minimum Gasteiger partial charge on any atom is -0.475 e. The Hall–Kier alpha value is -0.860. The Labute approximate surface area is 89.9 Å². The Morgan fingerprint density at radius 3 is 1.88 bits per heavy atom. The summed E-state index contributed by atoms with van der Waals surface area (Å²) in [4.78, 5) is 8.90. The van der Waals surface area contributed by atoms with Crippen LogP contribution >= 0.6 is 0 Å². The molecule has 0 unspecified atom stereocenters. The Morgan fingerprint density at radius 2 is 1.69 bits per heavy atom. The fourth-order valence-corrected chi connectivity index (χ4v) is 1.05. The van der Waals surface area contributed by atoms with Gasteiger partial charge in [0.15, 0.2) is 0 Å². The van der Waals surface area contributed by atoms with Crippen LogP contribution in [-0.2, 0) is 4.79 Å². The van der Waals surface area contributed by atoms with Gasteiger partial charge in [0.25, 0.3) is 0 Å². The first-order chi connectivity index (χ1) is 7.21. The largest absolute Gasteiger partial charge is 0.490 e. The lowest BCUT2D eigenvalue weighted by Gasteiger charge is -2.30. The highest BCUT2D eigenvalue weighted by molar-refractivity contribution is 5.73. The molecule has 1 heterocycles. The number of rotatable bonds is 1. The van der Waals surface area contributed by atoms with Crippen molar-refractivity contribution in [2.75, 3.05) is 19.7 Å². The van der Waals surface area contributed by atoms with E-state index >= 15 is 0 Å². The highest BCUT2D eigenvalue weighted by Gasteiger charge is 2.38. The van der Waals surface area contributed by atoms with Crippen LogP contribution in [-0.4, -0.2) is 52.8 Å². The lowest BCUT2D eigenvalue weighted by atomic mass is 9.94. The van der Waals surface area contributed by atoms with Gasteiger partial charge in [-0.1, -0.05) is 0 Å². The van der Waals surface area contributed by atoms with Crippen molar-refractivity contribution in [3.05, 3.63) is 0 Å². The van der Waals surface area contributed by atoms with E-state index in [1.165, 1.54) is 0 Å². The van der Waals surface area contributed by atoms with E-state index in [1.807, 2.05) is 0 Å². The van der Waals surface area contributed by atoms with Gasteiger partial charge in [-0.25, -0.2) is 4.79 Å². The third-order valence-corrected chi connectivity index (χ3v) is 2.07. The summed E-state index contributed by atoms with van der Waals surface area (Å²) in [6, 6.07) is 0. The molecule has 0 spiro atoms. The van der Waals surface area contributed by atoms with Crippen LogP contribution in [0, 0.1) is 0 Å². The molecule has 0 saturated carbocycles. The number of nitrogens with one attached hydrogen (secondary N) is 1. The quantitative estimate of drug-likeness (QED) is 0.510. The van der Waals surface area contributed by atoms with E-state index in [9.17, 15) is 18.3 Å². The molecule has 96 valence electrons. The van der Waals surface area contributed by atoms with Gasteiger partial charge in [-0.2, -0.15) is 13.2 Å². The molecule has 16 heavy (non-hydrogen) atoms. The van der Waals surface area contributed by atoms with Gasteiger partial charge in [0.2, 0.25) is 0 Å². The number of carbonyl (C=O) groups is 1. The predicted octanol–water partition coefficient (Wildman–Crippen LogP) is -0.274. The molecule has 0 aromatic rings. The Bertz CT molecular complexity index is 226. The fourth-order valence-electron chi connectivity index (χ4n) is 1.05. The molecule has 0 bridgehead atoms. The number of hydrogen-bond acceptors (Lipinski definition) is 4. The smallest absolute Gasteiger partial charge is 0.475 e.